The summed E-state index contributed by atoms with van der Waals surface area (Å²) < 4.78 is 125. The highest BCUT2D eigenvalue weighted by molar-refractivity contribution is 6.10. The standard InChI is InChI=1S/2C26H21F3N2O2.C25H19F3N2O2/c2*1-16-8-11-23-19(12-16)18-6-4-5-7-22(18)31(23)15-25(2,33)24(32)14-17-9-10-21(30-3)20(13-17)26(27,28)29;1-24(32,23(31)14-16-11-12-20(29-2)19(13-16)25(26,27)28)15-30-21-9-5-3-7-17(21)18-8-4-6-10-22(18)30/h2*4-13,33H,14-15H2,1-2H3;3-13,32H,14-15H2,1H3/t2*25-;24-/m000/s1. The average molecular weight is 1340 g/mol. The second-order valence-corrected chi connectivity index (χ2v) is 24.9. The summed E-state index contributed by atoms with van der Waals surface area (Å²) in [5.74, 6) is -1.82. The smallest absolute Gasteiger partial charge is 0.380 e. The maximum atomic E-state index is 13.3. The third-order valence-corrected chi connectivity index (χ3v) is 17.3. The first-order valence-electron chi connectivity index (χ1n) is 30.5. The Bertz CT molecular complexity index is 4990. The molecule has 0 amide bonds. The molecule has 9 aromatic carbocycles. The molecule has 3 N–H and O–H groups in total. The van der Waals surface area contributed by atoms with Crippen LogP contribution in [-0.2, 0) is 71.8 Å². The van der Waals surface area contributed by atoms with Gasteiger partial charge in [0.05, 0.1) is 56.0 Å². The number of alkyl halides is 9. The molecule has 12 nitrogen and oxygen atoms in total. The molecule has 0 saturated carbocycles. The highest BCUT2D eigenvalue weighted by Crippen LogP contribution is 2.42. The zero-order valence-corrected chi connectivity index (χ0v) is 53.3. The van der Waals surface area contributed by atoms with Crippen LogP contribution in [-0.4, -0.2) is 63.2 Å². The van der Waals surface area contributed by atoms with Crippen LogP contribution in [0, 0.1) is 33.6 Å². The maximum Gasteiger partial charge on any atom is 0.407 e. The van der Waals surface area contributed by atoms with Crippen molar-refractivity contribution in [3.8, 4) is 0 Å². The zero-order chi connectivity index (χ0) is 71.0. The van der Waals surface area contributed by atoms with Crippen molar-refractivity contribution in [2.45, 2.75) is 109 Å². The van der Waals surface area contributed by atoms with Gasteiger partial charge in [0.15, 0.2) is 34.4 Å². The Labute approximate surface area is 556 Å². The van der Waals surface area contributed by atoms with Crippen LogP contribution in [0.25, 0.3) is 80.0 Å². The van der Waals surface area contributed by atoms with Crippen molar-refractivity contribution < 1.29 is 69.2 Å². The van der Waals surface area contributed by atoms with Gasteiger partial charge in [-0.3, -0.25) is 14.4 Å². The molecule has 0 unspecified atom stereocenters. The lowest BCUT2D eigenvalue weighted by molar-refractivity contribution is -0.138. The zero-order valence-electron chi connectivity index (χ0n) is 53.3. The molecule has 3 aromatic heterocycles. The number of aromatic nitrogens is 3. The minimum absolute atomic E-state index is 0.0495. The summed E-state index contributed by atoms with van der Waals surface area (Å²) in [6, 6.07) is 52.0. The van der Waals surface area contributed by atoms with Crippen molar-refractivity contribution in [3.05, 3.63) is 267 Å². The van der Waals surface area contributed by atoms with E-state index < -0.39 is 86.4 Å². The molecule has 498 valence electrons. The highest BCUT2D eigenvalue weighted by atomic mass is 19.4. The molecule has 98 heavy (non-hydrogen) atoms. The topological polar surface area (TPSA) is 140 Å². The van der Waals surface area contributed by atoms with E-state index in [0.29, 0.717) is 0 Å². The predicted molar refractivity (Wildman–Crippen MR) is 359 cm³/mol. The van der Waals surface area contributed by atoms with E-state index in [9.17, 15) is 69.2 Å². The largest absolute Gasteiger partial charge is 0.407 e. The van der Waals surface area contributed by atoms with Crippen LogP contribution in [0.2, 0.25) is 0 Å². The molecule has 0 aliphatic heterocycles. The summed E-state index contributed by atoms with van der Waals surface area (Å²) in [6.07, 6.45) is -15.3. The lowest BCUT2D eigenvalue weighted by atomic mass is 9.93. The fraction of sp³-hybridized carbons (Fsp3) is 0.221. The normalized spacial score (nSPS) is 13.7. The lowest BCUT2D eigenvalue weighted by Crippen LogP contribution is -2.40. The quantitative estimate of drug-likeness (QED) is 0.0690. The van der Waals surface area contributed by atoms with E-state index in [4.69, 9.17) is 19.7 Å². The molecule has 0 fully saturated rings. The first-order valence-corrected chi connectivity index (χ1v) is 30.5. The van der Waals surface area contributed by atoms with Crippen molar-refractivity contribution in [3.63, 3.8) is 0 Å². The molecule has 0 bridgehead atoms. The van der Waals surface area contributed by atoms with Gasteiger partial charge in [-0.05, 0) is 99.8 Å². The number of benzene rings is 9. The van der Waals surface area contributed by atoms with Crippen LogP contribution >= 0.6 is 0 Å². The first kappa shape index (κ1) is 69.9. The average Bonchev–Trinajstić information content (AvgIpc) is 1.62. The molecule has 12 aromatic rings. The number of aliphatic hydroxyl groups is 3. The van der Waals surface area contributed by atoms with Crippen molar-refractivity contribution in [1.29, 1.82) is 0 Å². The van der Waals surface area contributed by atoms with Crippen molar-refractivity contribution in [1.82, 2.24) is 13.7 Å². The number of aryl methyl sites for hydroxylation is 2. The van der Waals surface area contributed by atoms with E-state index in [2.05, 4.69) is 14.5 Å². The number of fused-ring (bicyclic) bond motifs is 9. The van der Waals surface area contributed by atoms with Crippen LogP contribution in [0.1, 0.15) is 65.3 Å². The van der Waals surface area contributed by atoms with Gasteiger partial charge in [0.2, 0.25) is 0 Å². The summed E-state index contributed by atoms with van der Waals surface area (Å²) >= 11 is 0. The summed E-state index contributed by atoms with van der Waals surface area (Å²) in [6.45, 7) is 28.8. The molecule has 3 atom stereocenters. The van der Waals surface area contributed by atoms with Gasteiger partial charge in [-0.2, -0.15) is 39.5 Å². The van der Waals surface area contributed by atoms with Gasteiger partial charge in [0, 0.05) is 84.7 Å². The lowest BCUT2D eigenvalue weighted by Gasteiger charge is -2.24. The van der Waals surface area contributed by atoms with E-state index in [-0.39, 0.29) is 55.6 Å². The van der Waals surface area contributed by atoms with Gasteiger partial charge < -0.3 is 29.0 Å². The number of hydrogen-bond acceptors (Lipinski definition) is 6. The number of nitrogens with zero attached hydrogens (tertiary/aromatic N) is 6. The summed E-state index contributed by atoms with van der Waals surface area (Å²) in [7, 11) is 0. The van der Waals surface area contributed by atoms with Crippen molar-refractivity contribution >= 4 is 99.8 Å². The number of hydrogen-bond donors (Lipinski definition) is 3. The summed E-state index contributed by atoms with van der Waals surface area (Å²) in [5.41, 5.74) is -2.71. The van der Waals surface area contributed by atoms with E-state index in [0.717, 1.165) is 113 Å². The van der Waals surface area contributed by atoms with Crippen LogP contribution in [0.15, 0.2) is 188 Å². The molecule has 21 heteroatoms. The fourth-order valence-electron chi connectivity index (χ4n) is 12.2. The number of para-hydroxylation sites is 4. The Hall–Kier alpha value is -10.9. The van der Waals surface area contributed by atoms with Gasteiger partial charge in [0.1, 0.15) is 16.8 Å². The molecule has 3 heterocycles. The van der Waals surface area contributed by atoms with Crippen LogP contribution < -0.4 is 0 Å². The molecule has 12 rings (SSSR count). The predicted octanol–water partition coefficient (Wildman–Crippen LogP) is 18.4. The Kier molecular flexibility index (Phi) is 19.2. The van der Waals surface area contributed by atoms with Crippen LogP contribution in [0.4, 0.5) is 56.6 Å². The third kappa shape index (κ3) is 14.6. The second kappa shape index (κ2) is 27.0. The van der Waals surface area contributed by atoms with Gasteiger partial charge in [-0.25, -0.2) is 14.5 Å². The van der Waals surface area contributed by atoms with Crippen LogP contribution in [0.5, 0.6) is 0 Å². The van der Waals surface area contributed by atoms with E-state index >= 15 is 0 Å². The molecular weight excluding hydrogens is 1280 g/mol. The Morgan fingerprint density at radius 3 is 0.827 bits per heavy atom. The van der Waals surface area contributed by atoms with Crippen LogP contribution in [0.3, 0.4) is 0 Å². The van der Waals surface area contributed by atoms with E-state index in [1.54, 1.807) is 0 Å². The molecule has 0 radical (unpaired) electrons. The fourth-order valence-corrected chi connectivity index (χ4v) is 12.2. The molecule has 0 aliphatic rings. The Balaban J connectivity index is 0.000000159. The van der Waals surface area contributed by atoms with E-state index in [1.807, 2.05) is 161 Å². The Morgan fingerprint density at radius 1 is 0.347 bits per heavy atom. The monoisotopic (exact) mass is 1340 g/mol. The number of carbonyl (C=O) groups is 3. The Morgan fingerprint density at radius 2 is 0.582 bits per heavy atom. The first-order chi connectivity index (χ1) is 46.1. The number of rotatable bonds is 15. The summed E-state index contributed by atoms with van der Waals surface area (Å²) in [4.78, 5) is 47.7. The van der Waals surface area contributed by atoms with Crippen molar-refractivity contribution in [2.24, 2.45) is 0 Å². The number of ketones is 3. The second-order valence-electron chi connectivity index (χ2n) is 24.9. The van der Waals surface area contributed by atoms with E-state index in [1.165, 1.54) is 39.0 Å². The van der Waals surface area contributed by atoms with Gasteiger partial charge in [-0.15, -0.1) is 0 Å². The van der Waals surface area contributed by atoms with Gasteiger partial charge in [-0.1, -0.05) is 151 Å². The number of halogens is 9. The molecule has 0 saturated heterocycles. The molecule has 0 aliphatic carbocycles. The third-order valence-electron chi connectivity index (χ3n) is 17.3. The van der Waals surface area contributed by atoms with Crippen molar-refractivity contribution in [2.75, 3.05) is 0 Å². The highest BCUT2D eigenvalue weighted by Gasteiger charge is 2.39. The molecule has 0 spiro atoms. The van der Waals surface area contributed by atoms with Gasteiger partial charge >= 0.3 is 18.5 Å². The summed E-state index contributed by atoms with van der Waals surface area (Å²) in [5, 5.41) is 39.1. The number of carbonyl (C=O) groups excluding carboxylic acids is 3. The van der Waals surface area contributed by atoms with Gasteiger partial charge in [0.25, 0.3) is 0 Å². The maximum absolute atomic E-state index is 13.3. The molecular formula is C77H61F9N6O6. The minimum Gasteiger partial charge on any atom is -0.380 e. The SMILES string of the molecule is [C-]#[N+]c1ccc(CC(=O)[C@@](C)(O)Cn2c3ccccc3c3cc(C)ccc32)cc1C(F)(F)F.[C-]#[N+]c1ccc(CC(=O)[C@@](C)(O)Cn2c3ccccc3c3cc(C)ccc32)cc1C(F)(F)F.[C-]#[N+]c1ccc(CC(=O)[C@@](C)(O)Cn2c3ccccc3c3ccccc32)cc1C(F)(F)F. The number of Topliss-reactive ketones (excluding diaryl/α,β-unsaturated/α-hetero) is 3. The minimum atomic E-state index is -4.71.